The molecule has 1 aliphatic rings. The fourth-order valence-electron chi connectivity index (χ4n) is 3.05. The monoisotopic (exact) mass is 274 g/mol. The van der Waals surface area contributed by atoms with Gasteiger partial charge in [0.05, 0.1) is 0 Å². The third-order valence-corrected chi connectivity index (χ3v) is 4.03. The van der Waals surface area contributed by atoms with Gasteiger partial charge in [-0.2, -0.15) is 4.98 Å². The predicted octanol–water partition coefficient (Wildman–Crippen LogP) is 2.91. The molecule has 0 saturated carbocycles. The number of benzene rings is 1. The Kier molecular flexibility index (Phi) is 2.92. The predicted molar refractivity (Wildman–Crippen MR) is 75.8 cm³/mol. The smallest absolute Gasteiger partial charge is 0.327 e. The molecule has 1 fully saturated rings. The number of rotatable bonds is 2. The molecule has 1 atom stereocenters. The van der Waals surface area contributed by atoms with Gasteiger partial charge in [0.25, 0.3) is 6.01 Å². The van der Waals surface area contributed by atoms with E-state index in [1.165, 1.54) is 0 Å². The number of hydrogen-bond donors (Lipinski definition) is 1. The van der Waals surface area contributed by atoms with Crippen molar-refractivity contribution in [2.45, 2.75) is 32.7 Å². The summed E-state index contributed by atoms with van der Waals surface area (Å²) in [7, 11) is 0. The van der Waals surface area contributed by atoms with Crippen LogP contribution < -0.4 is 4.90 Å². The number of carboxylic acids is 1. The number of aromatic nitrogens is 1. The standard InChI is InChI=1S/C15H18N2O3/c1-15(2)8-5-9-17(12(15)13(18)19)14-16-10-6-3-4-7-11(10)20-14/h3-4,6-7,12H,5,8-9H2,1-2H3,(H,18,19). The molecule has 1 aromatic carbocycles. The van der Waals surface area contributed by atoms with E-state index in [0.29, 0.717) is 18.1 Å². The van der Waals surface area contributed by atoms with Crippen molar-refractivity contribution >= 4 is 23.1 Å². The maximum absolute atomic E-state index is 11.7. The van der Waals surface area contributed by atoms with E-state index in [9.17, 15) is 9.90 Å². The second kappa shape index (κ2) is 4.51. The average molecular weight is 274 g/mol. The van der Waals surface area contributed by atoms with Crippen LogP contribution >= 0.6 is 0 Å². The lowest BCUT2D eigenvalue weighted by Gasteiger charge is -2.43. The molecule has 0 spiro atoms. The van der Waals surface area contributed by atoms with Gasteiger partial charge in [0.2, 0.25) is 0 Å². The minimum Gasteiger partial charge on any atom is -0.480 e. The van der Waals surface area contributed by atoms with Gasteiger partial charge in [-0.25, -0.2) is 4.79 Å². The summed E-state index contributed by atoms with van der Waals surface area (Å²) in [4.78, 5) is 17.9. The fraction of sp³-hybridized carbons (Fsp3) is 0.467. The van der Waals surface area contributed by atoms with Crippen molar-refractivity contribution in [3.05, 3.63) is 24.3 Å². The number of hydrogen-bond acceptors (Lipinski definition) is 4. The van der Waals surface area contributed by atoms with Crippen LogP contribution in [0.4, 0.5) is 6.01 Å². The van der Waals surface area contributed by atoms with E-state index in [0.717, 1.165) is 18.4 Å². The molecule has 106 valence electrons. The zero-order chi connectivity index (χ0) is 14.3. The quantitative estimate of drug-likeness (QED) is 0.912. The fourth-order valence-corrected chi connectivity index (χ4v) is 3.05. The van der Waals surface area contributed by atoms with E-state index < -0.39 is 12.0 Å². The number of piperidine rings is 1. The number of carbonyl (C=O) groups is 1. The summed E-state index contributed by atoms with van der Waals surface area (Å²) in [5, 5.41) is 9.57. The zero-order valence-electron chi connectivity index (χ0n) is 11.7. The van der Waals surface area contributed by atoms with E-state index >= 15 is 0 Å². The molecule has 5 nitrogen and oxygen atoms in total. The molecule has 1 unspecified atom stereocenters. The minimum atomic E-state index is -0.822. The highest BCUT2D eigenvalue weighted by Gasteiger charge is 2.44. The highest BCUT2D eigenvalue weighted by molar-refractivity contribution is 5.80. The number of anilines is 1. The topological polar surface area (TPSA) is 66.6 Å². The Bertz CT molecular complexity index is 614. The largest absolute Gasteiger partial charge is 0.480 e. The molecule has 2 heterocycles. The number of nitrogens with zero attached hydrogens (tertiary/aromatic N) is 2. The Morgan fingerprint density at radius 3 is 2.90 bits per heavy atom. The SMILES string of the molecule is CC1(C)CCCN(c2nc3ccccc3o2)C1C(=O)O. The summed E-state index contributed by atoms with van der Waals surface area (Å²) >= 11 is 0. The van der Waals surface area contributed by atoms with Crippen molar-refractivity contribution in [3.8, 4) is 0 Å². The van der Waals surface area contributed by atoms with Crippen LogP contribution in [0, 0.1) is 5.41 Å². The first-order valence-electron chi connectivity index (χ1n) is 6.84. The van der Waals surface area contributed by atoms with Crippen molar-refractivity contribution in [2.24, 2.45) is 5.41 Å². The first-order valence-corrected chi connectivity index (χ1v) is 6.84. The van der Waals surface area contributed by atoms with Crippen LogP contribution in [0.15, 0.2) is 28.7 Å². The van der Waals surface area contributed by atoms with Crippen molar-refractivity contribution in [2.75, 3.05) is 11.4 Å². The third-order valence-electron chi connectivity index (χ3n) is 4.03. The van der Waals surface area contributed by atoms with Crippen LogP contribution in [0.3, 0.4) is 0 Å². The highest BCUT2D eigenvalue weighted by atomic mass is 16.4. The van der Waals surface area contributed by atoms with Crippen LogP contribution in [-0.4, -0.2) is 28.6 Å². The highest BCUT2D eigenvalue weighted by Crippen LogP contribution is 2.38. The molecule has 5 heteroatoms. The van der Waals surface area contributed by atoms with Gasteiger partial charge in [-0.3, -0.25) is 0 Å². The Morgan fingerprint density at radius 1 is 1.45 bits per heavy atom. The molecule has 3 rings (SSSR count). The van der Waals surface area contributed by atoms with Gasteiger partial charge in [-0.15, -0.1) is 0 Å². The van der Waals surface area contributed by atoms with E-state index in [-0.39, 0.29) is 5.41 Å². The Hall–Kier alpha value is -2.04. The molecule has 0 bridgehead atoms. The molecule has 20 heavy (non-hydrogen) atoms. The summed E-state index contributed by atoms with van der Waals surface area (Å²) in [6, 6.07) is 7.29. The second-order valence-corrected chi connectivity index (χ2v) is 5.99. The van der Waals surface area contributed by atoms with Crippen LogP contribution in [0.1, 0.15) is 26.7 Å². The Morgan fingerprint density at radius 2 is 2.20 bits per heavy atom. The van der Waals surface area contributed by atoms with Crippen LogP contribution in [-0.2, 0) is 4.79 Å². The molecule has 0 aliphatic carbocycles. The van der Waals surface area contributed by atoms with Gasteiger partial charge in [0, 0.05) is 6.54 Å². The van der Waals surface area contributed by atoms with Crippen molar-refractivity contribution < 1.29 is 14.3 Å². The van der Waals surface area contributed by atoms with E-state index in [1.54, 1.807) is 4.90 Å². The molecule has 0 radical (unpaired) electrons. The Balaban J connectivity index is 2.04. The Labute approximate surface area is 117 Å². The average Bonchev–Trinajstić information content (AvgIpc) is 2.80. The number of para-hydroxylation sites is 2. The van der Waals surface area contributed by atoms with Crippen LogP contribution in [0.2, 0.25) is 0 Å². The first-order chi connectivity index (χ1) is 9.49. The van der Waals surface area contributed by atoms with Crippen LogP contribution in [0.5, 0.6) is 0 Å². The van der Waals surface area contributed by atoms with Crippen LogP contribution in [0.25, 0.3) is 11.1 Å². The molecular formula is C15H18N2O3. The van der Waals surface area contributed by atoms with Gasteiger partial charge in [0.1, 0.15) is 11.6 Å². The van der Waals surface area contributed by atoms with Gasteiger partial charge in [0.15, 0.2) is 5.58 Å². The van der Waals surface area contributed by atoms with Gasteiger partial charge in [-0.05, 0) is 30.4 Å². The zero-order valence-corrected chi connectivity index (χ0v) is 11.7. The third kappa shape index (κ3) is 2.03. The lowest BCUT2D eigenvalue weighted by Crippen LogP contribution is -2.54. The molecule has 1 aliphatic heterocycles. The molecule has 1 saturated heterocycles. The summed E-state index contributed by atoms with van der Waals surface area (Å²) in [5.41, 5.74) is 1.15. The van der Waals surface area contributed by atoms with Gasteiger partial charge < -0.3 is 14.4 Å². The number of aliphatic carboxylic acids is 1. The number of carboxylic acid groups (broad SMARTS) is 1. The summed E-state index contributed by atoms with van der Waals surface area (Å²) in [6.07, 6.45) is 1.83. The van der Waals surface area contributed by atoms with Crippen molar-refractivity contribution in [3.63, 3.8) is 0 Å². The molecule has 0 amide bonds. The van der Waals surface area contributed by atoms with Crippen molar-refractivity contribution in [1.29, 1.82) is 0 Å². The lowest BCUT2D eigenvalue weighted by molar-refractivity contribution is -0.142. The summed E-state index contributed by atoms with van der Waals surface area (Å²) in [6.45, 7) is 4.63. The van der Waals surface area contributed by atoms with E-state index in [2.05, 4.69) is 4.98 Å². The van der Waals surface area contributed by atoms with E-state index in [4.69, 9.17) is 4.42 Å². The maximum Gasteiger partial charge on any atom is 0.327 e. The molecule has 2 aromatic rings. The summed E-state index contributed by atoms with van der Waals surface area (Å²) < 4.78 is 5.73. The lowest BCUT2D eigenvalue weighted by atomic mass is 9.76. The van der Waals surface area contributed by atoms with E-state index in [1.807, 2.05) is 38.1 Å². The molecular weight excluding hydrogens is 256 g/mol. The normalized spacial score (nSPS) is 22.1. The van der Waals surface area contributed by atoms with Crippen molar-refractivity contribution in [1.82, 2.24) is 4.98 Å². The maximum atomic E-state index is 11.7. The molecule has 1 N–H and O–H groups in total. The second-order valence-electron chi connectivity index (χ2n) is 5.99. The number of oxazole rings is 1. The minimum absolute atomic E-state index is 0.301. The van der Waals surface area contributed by atoms with Gasteiger partial charge >= 0.3 is 5.97 Å². The first kappa shape index (κ1) is 13.0. The number of fused-ring (bicyclic) bond motifs is 1. The summed E-state index contributed by atoms with van der Waals surface area (Å²) in [5.74, 6) is -0.822. The van der Waals surface area contributed by atoms with Gasteiger partial charge in [-0.1, -0.05) is 26.0 Å². The molecule has 1 aromatic heterocycles.